The van der Waals surface area contributed by atoms with Gasteiger partial charge in [-0.05, 0) is 37.7 Å². The van der Waals surface area contributed by atoms with E-state index in [4.69, 9.17) is 4.98 Å². The lowest BCUT2D eigenvalue weighted by atomic mass is 9.89. The Hall–Kier alpha value is -1.40. The van der Waals surface area contributed by atoms with E-state index >= 15 is 0 Å². The lowest BCUT2D eigenvalue weighted by Gasteiger charge is -2.17. The van der Waals surface area contributed by atoms with Crippen molar-refractivity contribution in [3.05, 3.63) is 28.9 Å². The molecule has 0 N–H and O–H groups in total. The molecule has 22 heavy (non-hydrogen) atoms. The smallest absolute Gasteiger partial charge is 0.192 e. The van der Waals surface area contributed by atoms with Gasteiger partial charge in [-0.25, -0.2) is 9.97 Å². The van der Waals surface area contributed by atoms with E-state index in [1.807, 2.05) is 22.8 Å². The predicted molar refractivity (Wildman–Crippen MR) is 92.9 cm³/mol. The summed E-state index contributed by atoms with van der Waals surface area (Å²) in [6, 6.07) is 0. The van der Waals surface area contributed by atoms with Gasteiger partial charge in [0.25, 0.3) is 0 Å². The number of fused-ring (bicyclic) bond motifs is 5. The molecule has 0 spiro atoms. The van der Waals surface area contributed by atoms with E-state index in [1.165, 1.54) is 28.7 Å². The largest absolute Gasteiger partial charge is 0.214 e. The normalized spacial score (nSPS) is 18.0. The van der Waals surface area contributed by atoms with Crippen LogP contribution in [0.15, 0.2) is 23.6 Å². The second kappa shape index (κ2) is 5.35. The van der Waals surface area contributed by atoms with Gasteiger partial charge in [0, 0.05) is 10.6 Å². The Morgan fingerprint density at radius 2 is 2.41 bits per heavy atom. The topological polar surface area (TPSA) is 43.1 Å². The predicted octanol–water partition coefficient (Wildman–Crippen LogP) is 4.13. The molecule has 1 atom stereocenters. The van der Waals surface area contributed by atoms with Gasteiger partial charge in [-0.3, -0.25) is 0 Å². The molecule has 0 unspecified atom stereocenters. The first-order chi connectivity index (χ1) is 10.6. The Bertz CT molecular complexity index is 877. The molecule has 1 aliphatic carbocycles. The molecule has 0 saturated heterocycles. The lowest BCUT2D eigenvalue weighted by Crippen LogP contribution is -2.09. The van der Waals surface area contributed by atoms with E-state index in [2.05, 4.69) is 23.6 Å². The van der Waals surface area contributed by atoms with E-state index in [1.54, 1.807) is 18.1 Å². The minimum absolute atomic E-state index is 0.741. The molecule has 0 amide bonds. The summed E-state index contributed by atoms with van der Waals surface area (Å²) in [6.07, 6.45) is 5.22. The first-order valence-corrected chi connectivity index (χ1v) is 9.35. The Morgan fingerprint density at radius 3 is 3.23 bits per heavy atom. The summed E-state index contributed by atoms with van der Waals surface area (Å²) in [7, 11) is 0. The summed E-state index contributed by atoms with van der Waals surface area (Å²) in [5, 5.41) is 6.53. The first kappa shape index (κ1) is 14.2. The van der Waals surface area contributed by atoms with Crippen molar-refractivity contribution >= 4 is 39.0 Å². The molecule has 0 bridgehead atoms. The van der Waals surface area contributed by atoms with E-state index in [9.17, 15) is 0 Å². The van der Waals surface area contributed by atoms with Gasteiger partial charge in [-0.1, -0.05) is 30.8 Å². The third kappa shape index (κ3) is 2.25. The van der Waals surface area contributed by atoms with Crippen molar-refractivity contribution < 1.29 is 0 Å². The standard InChI is InChI=1S/C16H18N4S2/c1-9(2)7-21-16-19-15-13(14-17-8-18-20(14)16)11-6-10(3)4-5-12(11)22-15/h8,10H,1,4-7H2,2-3H3/t10-/m1/s1. The number of nitrogens with zero attached hydrogens (tertiary/aromatic N) is 4. The first-order valence-electron chi connectivity index (χ1n) is 7.54. The van der Waals surface area contributed by atoms with Gasteiger partial charge in [-0.2, -0.15) is 9.61 Å². The molecule has 0 fully saturated rings. The summed E-state index contributed by atoms with van der Waals surface area (Å²) >= 11 is 3.52. The second-order valence-electron chi connectivity index (χ2n) is 6.17. The molecule has 4 nitrogen and oxygen atoms in total. The number of hydrogen-bond donors (Lipinski definition) is 0. The van der Waals surface area contributed by atoms with Crippen LogP contribution in [0, 0.1) is 5.92 Å². The van der Waals surface area contributed by atoms with Gasteiger partial charge in [0.2, 0.25) is 0 Å². The van der Waals surface area contributed by atoms with Crippen LogP contribution in [0.25, 0.3) is 15.9 Å². The molecular weight excluding hydrogens is 312 g/mol. The van der Waals surface area contributed by atoms with E-state index < -0.39 is 0 Å². The van der Waals surface area contributed by atoms with E-state index in [0.29, 0.717) is 0 Å². The van der Waals surface area contributed by atoms with Gasteiger partial charge in [0.1, 0.15) is 11.2 Å². The molecule has 6 heteroatoms. The number of rotatable bonds is 3. The third-order valence-corrected chi connectivity index (χ3v) is 6.43. The Labute approximate surface area is 137 Å². The van der Waals surface area contributed by atoms with Gasteiger partial charge in [0.15, 0.2) is 10.8 Å². The second-order valence-corrected chi connectivity index (χ2v) is 8.19. The monoisotopic (exact) mass is 330 g/mol. The summed E-state index contributed by atoms with van der Waals surface area (Å²) in [5.74, 6) is 1.60. The molecule has 4 rings (SSSR count). The molecule has 3 aromatic rings. The minimum atomic E-state index is 0.741. The molecule has 0 saturated carbocycles. The maximum atomic E-state index is 4.88. The summed E-state index contributed by atoms with van der Waals surface area (Å²) < 4.78 is 1.89. The van der Waals surface area contributed by atoms with Crippen LogP contribution in [0.3, 0.4) is 0 Å². The molecule has 0 radical (unpaired) electrons. The number of hydrogen-bond acceptors (Lipinski definition) is 5. The number of thiophene rings is 1. The molecule has 0 aromatic carbocycles. The Balaban J connectivity index is 1.93. The fourth-order valence-corrected chi connectivity index (χ4v) is 5.08. The van der Waals surface area contributed by atoms with Crippen LogP contribution in [0.1, 0.15) is 30.7 Å². The van der Waals surface area contributed by atoms with Crippen molar-refractivity contribution in [3.63, 3.8) is 0 Å². The highest BCUT2D eigenvalue weighted by Gasteiger charge is 2.24. The van der Waals surface area contributed by atoms with Crippen LogP contribution < -0.4 is 0 Å². The number of aryl methyl sites for hydroxylation is 1. The molecule has 3 heterocycles. The number of aromatic nitrogens is 4. The maximum Gasteiger partial charge on any atom is 0.192 e. The quantitative estimate of drug-likeness (QED) is 0.411. The highest BCUT2D eigenvalue weighted by Crippen LogP contribution is 2.39. The zero-order valence-electron chi connectivity index (χ0n) is 12.8. The maximum absolute atomic E-state index is 4.88. The summed E-state index contributed by atoms with van der Waals surface area (Å²) in [5.41, 5.74) is 3.56. The van der Waals surface area contributed by atoms with Crippen LogP contribution in [-0.2, 0) is 12.8 Å². The molecule has 3 aromatic heterocycles. The molecule has 114 valence electrons. The fraction of sp³-hybridized carbons (Fsp3) is 0.438. The molecule has 0 aliphatic heterocycles. The van der Waals surface area contributed by atoms with Crippen LogP contribution >= 0.6 is 23.1 Å². The average molecular weight is 330 g/mol. The minimum Gasteiger partial charge on any atom is -0.214 e. The van der Waals surface area contributed by atoms with Gasteiger partial charge in [0.05, 0.1) is 5.39 Å². The van der Waals surface area contributed by atoms with Crippen molar-refractivity contribution in [3.8, 4) is 0 Å². The molecule has 1 aliphatic rings. The van der Waals surface area contributed by atoms with Crippen molar-refractivity contribution in [2.75, 3.05) is 5.75 Å². The van der Waals surface area contributed by atoms with Crippen LogP contribution in [-0.4, -0.2) is 25.3 Å². The summed E-state index contributed by atoms with van der Waals surface area (Å²) in [6.45, 7) is 8.34. The van der Waals surface area contributed by atoms with Crippen LogP contribution in [0.4, 0.5) is 0 Å². The van der Waals surface area contributed by atoms with Crippen LogP contribution in [0.2, 0.25) is 0 Å². The van der Waals surface area contributed by atoms with Gasteiger partial charge in [-0.15, -0.1) is 11.3 Å². The van der Waals surface area contributed by atoms with Crippen molar-refractivity contribution in [1.29, 1.82) is 0 Å². The average Bonchev–Trinajstić information content (AvgIpc) is 3.07. The number of thioether (sulfide) groups is 1. The zero-order valence-corrected chi connectivity index (χ0v) is 14.4. The Kier molecular flexibility index (Phi) is 3.46. The van der Waals surface area contributed by atoms with Gasteiger partial charge >= 0.3 is 0 Å². The van der Waals surface area contributed by atoms with Crippen molar-refractivity contribution in [2.24, 2.45) is 5.92 Å². The van der Waals surface area contributed by atoms with E-state index in [0.717, 1.165) is 39.3 Å². The summed E-state index contributed by atoms with van der Waals surface area (Å²) in [4.78, 5) is 12.0. The lowest BCUT2D eigenvalue weighted by molar-refractivity contribution is 0.508. The van der Waals surface area contributed by atoms with Crippen molar-refractivity contribution in [2.45, 2.75) is 38.3 Å². The van der Waals surface area contributed by atoms with Crippen LogP contribution in [0.5, 0.6) is 0 Å². The Morgan fingerprint density at radius 1 is 1.55 bits per heavy atom. The highest BCUT2D eigenvalue weighted by molar-refractivity contribution is 7.99. The fourth-order valence-electron chi connectivity index (χ4n) is 3.02. The third-order valence-electron chi connectivity index (χ3n) is 4.09. The van der Waals surface area contributed by atoms with Crippen molar-refractivity contribution in [1.82, 2.24) is 19.6 Å². The molecular formula is C16H18N4S2. The zero-order chi connectivity index (χ0) is 15.3. The SMILES string of the molecule is C=C(C)CSc1nc2sc3c(c2c2ncnn12)C[C@H](C)CC3. The highest BCUT2D eigenvalue weighted by atomic mass is 32.2. The van der Waals surface area contributed by atoms with Gasteiger partial charge < -0.3 is 0 Å². The van der Waals surface area contributed by atoms with E-state index in [-0.39, 0.29) is 0 Å².